The van der Waals surface area contributed by atoms with Gasteiger partial charge in [-0.05, 0) is 11.1 Å². The number of halogens is 6. The van der Waals surface area contributed by atoms with Crippen LogP contribution < -0.4 is 9.47 Å². The lowest BCUT2D eigenvalue weighted by Crippen LogP contribution is -2.19. The molecule has 0 unspecified atom stereocenters. The number of nitrogens with zero attached hydrogens (tertiary/aromatic N) is 2. The van der Waals surface area contributed by atoms with E-state index in [2.05, 4.69) is 19.4 Å². The zero-order valence-corrected chi connectivity index (χ0v) is 14.9. The normalized spacial score (nSPS) is 12.2. The van der Waals surface area contributed by atoms with E-state index in [1.165, 1.54) is 36.7 Å². The maximum atomic E-state index is 12.2. The molecule has 0 spiro atoms. The van der Waals surface area contributed by atoms with Crippen LogP contribution in [-0.2, 0) is 22.3 Å². The van der Waals surface area contributed by atoms with Crippen molar-refractivity contribution in [2.75, 3.05) is 13.2 Å². The van der Waals surface area contributed by atoms with Crippen LogP contribution in [0.5, 0.6) is 11.8 Å². The minimum absolute atomic E-state index is 0.0822. The first-order valence-corrected chi connectivity index (χ1v) is 9.13. The van der Waals surface area contributed by atoms with Crippen LogP contribution in [0.1, 0.15) is 11.1 Å². The van der Waals surface area contributed by atoms with Crippen LogP contribution in [0.2, 0.25) is 0 Å². The van der Waals surface area contributed by atoms with Crippen LogP contribution in [0.4, 0.5) is 26.3 Å². The van der Waals surface area contributed by atoms with Crippen LogP contribution in [-0.4, -0.2) is 39.7 Å². The van der Waals surface area contributed by atoms with Gasteiger partial charge >= 0.3 is 12.4 Å². The second-order valence-corrected chi connectivity index (χ2v) is 7.00. The smallest absolute Gasteiger partial charge is 0.422 e. The zero-order chi connectivity index (χ0) is 20.8. The highest BCUT2D eigenvalue weighted by atomic mass is 32.2. The first-order valence-electron chi connectivity index (χ1n) is 7.64. The van der Waals surface area contributed by atoms with Gasteiger partial charge in [0.25, 0.3) is 0 Å². The zero-order valence-electron chi connectivity index (χ0n) is 14.1. The fourth-order valence-corrected chi connectivity index (χ4v) is 3.08. The summed E-state index contributed by atoms with van der Waals surface area (Å²) in [6.07, 6.45) is -6.42. The van der Waals surface area contributed by atoms with Crippen LogP contribution >= 0.6 is 0 Å². The van der Waals surface area contributed by atoms with E-state index in [1.54, 1.807) is 0 Å². The van der Waals surface area contributed by atoms with Crippen LogP contribution in [0.15, 0.2) is 36.7 Å². The summed E-state index contributed by atoms with van der Waals surface area (Å²) in [5.41, 5.74) is 1.05. The molecule has 0 aliphatic heterocycles. The molecule has 0 radical (unpaired) electrons. The van der Waals surface area contributed by atoms with E-state index in [0.717, 1.165) is 0 Å². The van der Waals surface area contributed by atoms with E-state index in [4.69, 9.17) is 0 Å². The average molecular weight is 428 g/mol. The predicted molar refractivity (Wildman–Crippen MR) is 87.1 cm³/mol. The Kier molecular flexibility index (Phi) is 7.22. The lowest BCUT2D eigenvalue weighted by atomic mass is 10.3. The van der Waals surface area contributed by atoms with E-state index in [1.807, 2.05) is 0 Å². The van der Waals surface area contributed by atoms with Gasteiger partial charge in [0.05, 0.1) is 11.5 Å². The van der Waals surface area contributed by atoms with Crippen molar-refractivity contribution in [3.8, 4) is 11.8 Å². The summed E-state index contributed by atoms with van der Waals surface area (Å²) in [5, 5.41) is 0. The van der Waals surface area contributed by atoms with Gasteiger partial charge in [0.2, 0.25) is 11.8 Å². The molecule has 0 bridgehead atoms. The maximum Gasteiger partial charge on any atom is 0.422 e. The molecule has 5 nitrogen and oxygen atoms in total. The molecule has 2 rings (SSSR count). The monoisotopic (exact) mass is 428 g/mol. The van der Waals surface area contributed by atoms with Gasteiger partial charge in [-0.2, -0.15) is 26.3 Å². The first kappa shape index (κ1) is 21.9. The Morgan fingerprint density at radius 2 is 1.14 bits per heavy atom. The highest BCUT2D eigenvalue weighted by Gasteiger charge is 2.29. The van der Waals surface area contributed by atoms with Gasteiger partial charge in [0.1, 0.15) is 0 Å². The van der Waals surface area contributed by atoms with Crippen LogP contribution in [0, 0.1) is 0 Å². The van der Waals surface area contributed by atoms with Crippen LogP contribution in [0.3, 0.4) is 0 Å². The van der Waals surface area contributed by atoms with E-state index in [-0.39, 0.29) is 23.3 Å². The molecule has 0 saturated carbocycles. The SMILES string of the molecule is O=S(Cc1ccc(OCC(F)(F)F)nc1)Cc1ccc(OCC(F)(F)F)nc1. The van der Waals surface area contributed by atoms with Crippen molar-refractivity contribution >= 4 is 10.8 Å². The Morgan fingerprint density at radius 1 is 0.750 bits per heavy atom. The van der Waals surface area contributed by atoms with Crippen molar-refractivity contribution in [3.63, 3.8) is 0 Å². The van der Waals surface area contributed by atoms with Crippen molar-refractivity contribution in [1.29, 1.82) is 0 Å². The van der Waals surface area contributed by atoms with Gasteiger partial charge in [-0.25, -0.2) is 9.97 Å². The molecule has 0 N–H and O–H groups in total. The number of hydrogen-bond acceptors (Lipinski definition) is 5. The van der Waals surface area contributed by atoms with E-state index in [9.17, 15) is 30.6 Å². The fraction of sp³-hybridized carbons (Fsp3) is 0.375. The molecule has 0 atom stereocenters. The molecule has 0 aliphatic carbocycles. The van der Waals surface area contributed by atoms with Crippen molar-refractivity contribution in [2.45, 2.75) is 23.9 Å². The Balaban J connectivity index is 1.83. The number of alkyl halides is 6. The molecule has 0 aliphatic rings. The Hall–Kier alpha value is -2.37. The molecule has 0 aromatic carbocycles. The average Bonchev–Trinajstić information content (AvgIpc) is 2.59. The third-order valence-corrected chi connectivity index (χ3v) is 4.33. The summed E-state index contributed by atoms with van der Waals surface area (Å²) in [6.45, 7) is -2.91. The molecular weight excluding hydrogens is 414 g/mol. The maximum absolute atomic E-state index is 12.2. The molecule has 0 saturated heterocycles. The highest BCUT2D eigenvalue weighted by Crippen LogP contribution is 2.19. The molecule has 2 heterocycles. The van der Waals surface area contributed by atoms with E-state index in [0.29, 0.717) is 11.1 Å². The molecular formula is C16H14F6N2O3S. The van der Waals surface area contributed by atoms with Gasteiger partial charge in [-0.3, -0.25) is 4.21 Å². The fourth-order valence-electron chi connectivity index (χ4n) is 1.90. The third-order valence-electron chi connectivity index (χ3n) is 3.02. The summed E-state index contributed by atoms with van der Waals surface area (Å²) < 4.78 is 93.5. The van der Waals surface area contributed by atoms with Crippen LogP contribution in [0.25, 0.3) is 0 Å². The summed E-state index contributed by atoms with van der Waals surface area (Å²) in [5.74, 6) is -0.242. The highest BCUT2D eigenvalue weighted by molar-refractivity contribution is 7.83. The number of aromatic nitrogens is 2. The molecule has 12 heteroatoms. The minimum Gasteiger partial charge on any atom is -0.468 e. The lowest BCUT2D eigenvalue weighted by molar-refractivity contribution is -0.154. The van der Waals surface area contributed by atoms with Crippen molar-refractivity contribution in [3.05, 3.63) is 47.8 Å². The Morgan fingerprint density at radius 3 is 1.43 bits per heavy atom. The van der Waals surface area contributed by atoms with Gasteiger partial charge in [-0.1, -0.05) is 12.1 Å². The van der Waals surface area contributed by atoms with Crippen molar-refractivity contribution < 1.29 is 40.0 Å². The van der Waals surface area contributed by atoms with E-state index >= 15 is 0 Å². The van der Waals surface area contributed by atoms with Gasteiger partial charge in [0, 0.05) is 35.3 Å². The number of rotatable bonds is 8. The largest absolute Gasteiger partial charge is 0.468 e. The Labute approximate surface area is 158 Å². The summed E-state index contributed by atoms with van der Waals surface area (Å²) in [6, 6.07) is 5.38. The predicted octanol–water partition coefficient (Wildman–Crippen LogP) is 3.81. The third kappa shape index (κ3) is 8.55. The summed E-state index contributed by atoms with van der Waals surface area (Å²) in [4.78, 5) is 7.43. The van der Waals surface area contributed by atoms with Crippen molar-refractivity contribution in [2.24, 2.45) is 0 Å². The van der Waals surface area contributed by atoms with Gasteiger partial charge < -0.3 is 9.47 Å². The second-order valence-electron chi connectivity index (χ2n) is 5.55. The molecule has 2 aromatic heterocycles. The van der Waals surface area contributed by atoms with E-state index < -0.39 is 36.4 Å². The Bertz CT molecular complexity index is 713. The number of ether oxygens (including phenoxy) is 2. The standard InChI is InChI=1S/C16H14F6N2O3S/c17-15(18,19)9-26-13-3-1-11(5-23-13)7-28(25)8-12-2-4-14(24-6-12)27-10-16(20,21)22/h1-6H,7-10H2. The molecule has 2 aromatic rings. The lowest BCUT2D eigenvalue weighted by Gasteiger charge is -2.09. The number of pyridine rings is 2. The second kappa shape index (κ2) is 9.22. The topological polar surface area (TPSA) is 61.3 Å². The molecule has 0 fully saturated rings. The van der Waals surface area contributed by atoms with Crippen molar-refractivity contribution in [1.82, 2.24) is 9.97 Å². The molecule has 28 heavy (non-hydrogen) atoms. The van der Waals surface area contributed by atoms with Gasteiger partial charge in [-0.15, -0.1) is 0 Å². The van der Waals surface area contributed by atoms with Gasteiger partial charge in [0.15, 0.2) is 13.2 Å². The quantitative estimate of drug-likeness (QED) is 0.599. The number of hydrogen-bond donors (Lipinski definition) is 0. The summed E-state index contributed by atoms with van der Waals surface area (Å²) >= 11 is 0. The first-order chi connectivity index (χ1) is 13.0. The minimum atomic E-state index is -4.47. The molecule has 0 amide bonds. The summed E-state index contributed by atoms with van der Waals surface area (Å²) in [7, 11) is -1.39. The molecule has 154 valence electrons.